The Kier molecular flexibility index (Phi) is 8.96. The van der Waals surface area contributed by atoms with E-state index < -0.39 is 0 Å². The molecule has 0 saturated heterocycles. The molecule has 0 bridgehead atoms. The molecule has 2 aromatic carbocycles. The van der Waals surface area contributed by atoms with Crippen molar-refractivity contribution in [2.75, 3.05) is 36.8 Å². The fourth-order valence-electron chi connectivity index (χ4n) is 2.82. The van der Waals surface area contributed by atoms with Crippen LogP contribution in [-0.4, -0.2) is 48.8 Å². The number of hydrogen-bond donors (Lipinski definition) is 3. The maximum Gasteiger partial charge on any atom is 0.238 e. The van der Waals surface area contributed by atoms with Gasteiger partial charge in [0.05, 0.1) is 13.1 Å². The SMILES string of the molecule is CCN(CC(=O)NCCc1ccccc1F)CC(=O)Nc1ccc(NC(C)=O)cc1. The minimum Gasteiger partial charge on any atom is -0.355 e. The summed E-state index contributed by atoms with van der Waals surface area (Å²) in [7, 11) is 0. The van der Waals surface area contributed by atoms with Crippen molar-refractivity contribution in [3.63, 3.8) is 0 Å². The van der Waals surface area contributed by atoms with Crippen molar-refractivity contribution in [1.82, 2.24) is 10.2 Å². The third-order valence-electron chi connectivity index (χ3n) is 4.35. The van der Waals surface area contributed by atoms with Crippen LogP contribution in [0.1, 0.15) is 19.4 Å². The van der Waals surface area contributed by atoms with E-state index in [9.17, 15) is 18.8 Å². The first-order valence-electron chi connectivity index (χ1n) is 9.77. The number of halogens is 1. The smallest absolute Gasteiger partial charge is 0.238 e. The Morgan fingerprint density at radius 3 is 2.10 bits per heavy atom. The van der Waals surface area contributed by atoms with Crippen LogP contribution < -0.4 is 16.0 Å². The van der Waals surface area contributed by atoms with Crippen LogP contribution in [0.3, 0.4) is 0 Å². The second-order valence-corrected chi connectivity index (χ2v) is 6.80. The quantitative estimate of drug-likeness (QED) is 0.557. The van der Waals surface area contributed by atoms with Gasteiger partial charge in [-0.25, -0.2) is 4.39 Å². The van der Waals surface area contributed by atoms with Gasteiger partial charge in [-0.2, -0.15) is 0 Å². The average Bonchev–Trinajstić information content (AvgIpc) is 2.70. The predicted octanol–water partition coefficient (Wildman–Crippen LogP) is 2.40. The highest BCUT2D eigenvalue weighted by molar-refractivity contribution is 5.93. The van der Waals surface area contributed by atoms with Crippen molar-refractivity contribution in [3.8, 4) is 0 Å². The summed E-state index contributed by atoms with van der Waals surface area (Å²) in [5.74, 6) is -0.926. The van der Waals surface area contributed by atoms with Crippen molar-refractivity contribution in [2.24, 2.45) is 0 Å². The number of benzene rings is 2. The zero-order valence-electron chi connectivity index (χ0n) is 17.2. The molecule has 3 amide bonds. The molecule has 0 heterocycles. The summed E-state index contributed by atoms with van der Waals surface area (Å²) in [4.78, 5) is 37.2. The van der Waals surface area contributed by atoms with E-state index in [0.29, 0.717) is 36.4 Å². The van der Waals surface area contributed by atoms with E-state index in [2.05, 4.69) is 16.0 Å². The molecule has 0 spiro atoms. The molecule has 0 radical (unpaired) electrons. The number of amides is 3. The molecule has 0 saturated carbocycles. The molecule has 2 aromatic rings. The molecular weight excluding hydrogens is 387 g/mol. The number of rotatable bonds is 10. The number of nitrogens with zero attached hydrogens (tertiary/aromatic N) is 1. The van der Waals surface area contributed by atoms with E-state index in [4.69, 9.17) is 0 Å². The minimum atomic E-state index is -0.288. The van der Waals surface area contributed by atoms with Crippen LogP contribution in [0.4, 0.5) is 15.8 Å². The van der Waals surface area contributed by atoms with Gasteiger partial charge in [-0.3, -0.25) is 19.3 Å². The molecular formula is C22H27FN4O3. The van der Waals surface area contributed by atoms with Crippen LogP contribution in [0.25, 0.3) is 0 Å². The first-order valence-corrected chi connectivity index (χ1v) is 9.77. The van der Waals surface area contributed by atoms with Crippen LogP contribution >= 0.6 is 0 Å². The highest BCUT2D eigenvalue weighted by Crippen LogP contribution is 2.13. The topological polar surface area (TPSA) is 90.5 Å². The Morgan fingerprint density at radius 1 is 0.900 bits per heavy atom. The van der Waals surface area contributed by atoms with E-state index in [-0.39, 0.29) is 36.6 Å². The molecule has 0 fully saturated rings. The predicted molar refractivity (Wildman–Crippen MR) is 115 cm³/mol. The Morgan fingerprint density at radius 2 is 1.50 bits per heavy atom. The number of carbonyl (C=O) groups is 3. The summed E-state index contributed by atoms with van der Waals surface area (Å²) >= 11 is 0. The van der Waals surface area contributed by atoms with Crippen molar-refractivity contribution >= 4 is 29.1 Å². The molecule has 0 aliphatic rings. The second kappa shape index (κ2) is 11.7. The lowest BCUT2D eigenvalue weighted by atomic mass is 10.1. The van der Waals surface area contributed by atoms with Gasteiger partial charge in [0.25, 0.3) is 0 Å². The van der Waals surface area contributed by atoms with Gasteiger partial charge in [0.1, 0.15) is 5.82 Å². The summed E-state index contributed by atoms with van der Waals surface area (Å²) in [6, 6.07) is 13.2. The molecule has 0 aliphatic heterocycles. The summed E-state index contributed by atoms with van der Waals surface area (Å²) < 4.78 is 13.6. The van der Waals surface area contributed by atoms with Gasteiger partial charge in [-0.05, 0) is 48.9 Å². The largest absolute Gasteiger partial charge is 0.355 e. The monoisotopic (exact) mass is 414 g/mol. The van der Waals surface area contributed by atoms with E-state index in [0.717, 1.165) is 0 Å². The third kappa shape index (κ3) is 8.00. The lowest BCUT2D eigenvalue weighted by molar-refractivity contribution is -0.123. The summed E-state index contributed by atoms with van der Waals surface area (Å²) in [5.41, 5.74) is 1.79. The van der Waals surface area contributed by atoms with Crippen molar-refractivity contribution in [3.05, 3.63) is 59.9 Å². The van der Waals surface area contributed by atoms with Gasteiger partial charge < -0.3 is 16.0 Å². The lowest BCUT2D eigenvalue weighted by Gasteiger charge is -2.19. The van der Waals surface area contributed by atoms with E-state index in [1.165, 1.54) is 13.0 Å². The van der Waals surface area contributed by atoms with E-state index in [1.54, 1.807) is 47.4 Å². The van der Waals surface area contributed by atoms with Gasteiger partial charge in [0.2, 0.25) is 17.7 Å². The fraction of sp³-hybridized carbons (Fsp3) is 0.318. The van der Waals surface area contributed by atoms with E-state index in [1.807, 2.05) is 6.92 Å². The van der Waals surface area contributed by atoms with Crippen LogP contribution in [0.15, 0.2) is 48.5 Å². The number of anilines is 2. The summed E-state index contributed by atoms with van der Waals surface area (Å²) in [6.07, 6.45) is 0.402. The molecule has 160 valence electrons. The Labute approximate surface area is 175 Å². The number of carbonyl (C=O) groups excluding carboxylic acids is 3. The van der Waals surface area contributed by atoms with Gasteiger partial charge in [-0.1, -0.05) is 25.1 Å². The van der Waals surface area contributed by atoms with Crippen molar-refractivity contribution < 1.29 is 18.8 Å². The number of nitrogens with one attached hydrogen (secondary N) is 3. The molecule has 2 rings (SSSR count). The molecule has 7 nitrogen and oxygen atoms in total. The Balaban J connectivity index is 1.75. The zero-order chi connectivity index (χ0) is 21.9. The van der Waals surface area contributed by atoms with Gasteiger partial charge in [0.15, 0.2) is 0 Å². The standard InChI is InChI=1S/C22H27FN4O3/c1-3-27(14-21(29)24-13-12-17-6-4-5-7-20(17)23)15-22(30)26-19-10-8-18(9-11-19)25-16(2)28/h4-11H,3,12-15H2,1-2H3,(H,24,29)(H,25,28)(H,26,30). The highest BCUT2D eigenvalue weighted by Gasteiger charge is 2.13. The van der Waals surface area contributed by atoms with Crippen molar-refractivity contribution in [2.45, 2.75) is 20.3 Å². The zero-order valence-corrected chi connectivity index (χ0v) is 17.2. The molecule has 30 heavy (non-hydrogen) atoms. The second-order valence-electron chi connectivity index (χ2n) is 6.80. The maximum absolute atomic E-state index is 13.6. The Hall–Kier alpha value is -3.26. The molecule has 0 aliphatic carbocycles. The van der Waals surface area contributed by atoms with Gasteiger partial charge >= 0.3 is 0 Å². The number of hydrogen-bond acceptors (Lipinski definition) is 4. The summed E-state index contributed by atoms with van der Waals surface area (Å²) in [5, 5.41) is 8.17. The minimum absolute atomic E-state index is 0.0602. The van der Waals surface area contributed by atoms with Gasteiger partial charge in [-0.15, -0.1) is 0 Å². The van der Waals surface area contributed by atoms with E-state index >= 15 is 0 Å². The fourth-order valence-corrected chi connectivity index (χ4v) is 2.82. The van der Waals surface area contributed by atoms with Crippen LogP contribution in [-0.2, 0) is 20.8 Å². The van der Waals surface area contributed by atoms with Gasteiger partial charge in [0, 0.05) is 24.8 Å². The first-order chi connectivity index (χ1) is 14.4. The third-order valence-corrected chi connectivity index (χ3v) is 4.35. The molecule has 0 aromatic heterocycles. The van der Waals surface area contributed by atoms with Crippen LogP contribution in [0.5, 0.6) is 0 Å². The Bertz CT molecular complexity index is 871. The van der Waals surface area contributed by atoms with Crippen LogP contribution in [0, 0.1) is 5.82 Å². The average molecular weight is 414 g/mol. The molecule has 3 N–H and O–H groups in total. The van der Waals surface area contributed by atoms with Crippen LogP contribution in [0.2, 0.25) is 0 Å². The first kappa shape index (κ1) is 23.0. The normalized spacial score (nSPS) is 10.5. The maximum atomic E-state index is 13.6. The highest BCUT2D eigenvalue weighted by atomic mass is 19.1. The van der Waals surface area contributed by atoms with Crippen molar-refractivity contribution in [1.29, 1.82) is 0 Å². The molecule has 0 atom stereocenters. The lowest BCUT2D eigenvalue weighted by Crippen LogP contribution is -2.41. The molecule has 8 heteroatoms. The molecule has 0 unspecified atom stereocenters. The number of likely N-dealkylation sites (N-methyl/N-ethyl adjacent to an activating group) is 1. The summed E-state index contributed by atoms with van der Waals surface area (Å²) in [6.45, 7) is 4.26.